The highest BCUT2D eigenvalue weighted by Gasteiger charge is 2.31. The second-order valence-electron chi connectivity index (χ2n) is 9.90. The van der Waals surface area contributed by atoms with E-state index in [0.717, 1.165) is 53.3 Å². The molecule has 176 valence electrons. The van der Waals surface area contributed by atoms with Crippen LogP contribution in [0.4, 0.5) is 0 Å². The minimum atomic E-state index is -0.995. The van der Waals surface area contributed by atoms with Crippen LogP contribution in [0.25, 0.3) is 0 Å². The van der Waals surface area contributed by atoms with Crippen molar-refractivity contribution in [3.8, 4) is 0 Å². The fourth-order valence-corrected chi connectivity index (χ4v) is 5.70. The summed E-state index contributed by atoms with van der Waals surface area (Å²) in [5.74, 6) is 0.814. The van der Waals surface area contributed by atoms with Gasteiger partial charge in [0.2, 0.25) is 0 Å². The molecule has 34 heavy (non-hydrogen) atoms. The Labute approximate surface area is 204 Å². The number of amidine groups is 1. The number of fused-ring (bicyclic) bond motifs is 2. The van der Waals surface area contributed by atoms with Gasteiger partial charge in [-0.2, -0.15) is 0 Å². The average molecular weight is 475 g/mol. The third kappa shape index (κ3) is 4.68. The minimum Gasteiger partial charge on any atom is -0.390 e. The monoisotopic (exact) mass is 474 g/mol. The van der Waals surface area contributed by atoms with Crippen LogP contribution in [0.5, 0.6) is 0 Å². The number of ketones is 1. The number of Topliss-reactive ketones (excluding diaryl/α,β-unsaturated/α-hetero) is 1. The quantitative estimate of drug-likeness (QED) is 0.579. The maximum absolute atomic E-state index is 13.0. The maximum atomic E-state index is 13.0. The topological polar surface area (TPSA) is 78.7 Å². The van der Waals surface area contributed by atoms with Gasteiger partial charge in [-0.15, -0.1) is 11.3 Å². The van der Waals surface area contributed by atoms with Crippen LogP contribution in [0.15, 0.2) is 47.0 Å². The zero-order valence-electron chi connectivity index (χ0n) is 19.9. The molecule has 5 rings (SSSR count). The molecular formula is C27H30N4O2S. The second kappa shape index (κ2) is 9.04. The zero-order valence-corrected chi connectivity index (χ0v) is 20.7. The average Bonchev–Trinajstić information content (AvgIpc) is 3.43. The number of aryl methyl sites for hydroxylation is 1. The molecule has 1 atom stereocenters. The number of hydrogen-bond acceptors (Lipinski definition) is 7. The Kier molecular flexibility index (Phi) is 6.08. The van der Waals surface area contributed by atoms with E-state index in [2.05, 4.69) is 14.9 Å². The van der Waals surface area contributed by atoms with Crippen LogP contribution < -0.4 is 0 Å². The number of rotatable bonds is 6. The van der Waals surface area contributed by atoms with Gasteiger partial charge in [0.15, 0.2) is 0 Å². The molecule has 2 aromatic heterocycles. The molecule has 7 heteroatoms. The summed E-state index contributed by atoms with van der Waals surface area (Å²) in [6.45, 7) is 7.95. The lowest BCUT2D eigenvalue weighted by atomic mass is 9.80. The smallest absolute Gasteiger partial charge is 0.139 e. The summed E-state index contributed by atoms with van der Waals surface area (Å²) < 4.78 is 0. The molecule has 4 heterocycles. The Bertz CT molecular complexity index is 1240. The van der Waals surface area contributed by atoms with Crippen LogP contribution in [0.2, 0.25) is 0 Å². The van der Waals surface area contributed by atoms with Crippen LogP contribution in [-0.2, 0) is 30.7 Å². The molecule has 1 N–H and O–H groups in total. The molecule has 0 spiro atoms. The molecule has 0 bridgehead atoms. The fraction of sp³-hybridized carbons (Fsp3) is 0.407. The summed E-state index contributed by atoms with van der Waals surface area (Å²) in [5, 5.41) is 10.8. The predicted molar refractivity (Wildman–Crippen MR) is 134 cm³/mol. The number of pyridine rings is 1. The number of carbonyl (C=O) groups is 1. The standard InChI is InChI=1S/C27H30N4O2S/c1-17-4-6-18(7-5-17)23(27(2,3)33)12-21(32)11-20-10-19-13-29-26(22(19)14-28-20)31-9-8-24-25(15-31)34-16-30-24/h4-7,10,14,16,23,33H,8-9,11-13,15H2,1-3H3/t23-/m0/s1. The highest BCUT2D eigenvalue weighted by molar-refractivity contribution is 7.09. The summed E-state index contributed by atoms with van der Waals surface area (Å²) >= 11 is 1.71. The molecule has 0 unspecified atom stereocenters. The number of thiazole rings is 1. The van der Waals surface area contributed by atoms with Crippen LogP contribution in [0.3, 0.4) is 0 Å². The number of aliphatic imine (C=N–C) groups is 1. The van der Waals surface area contributed by atoms with E-state index in [9.17, 15) is 9.90 Å². The van der Waals surface area contributed by atoms with E-state index in [4.69, 9.17) is 4.99 Å². The normalized spacial score (nSPS) is 16.1. The van der Waals surface area contributed by atoms with Crippen molar-refractivity contribution in [2.24, 2.45) is 4.99 Å². The van der Waals surface area contributed by atoms with E-state index < -0.39 is 5.60 Å². The highest BCUT2D eigenvalue weighted by Crippen LogP contribution is 2.32. The Hall–Kier alpha value is -2.90. The first kappa shape index (κ1) is 22.9. The third-order valence-electron chi connectivity index (χ3n) is 6.81. The van der Waals surface area contributed by atoms with Crippen molar-refractivity contribution in [1.29, 1.82) is 0 Å². The number of nitrogens with zero attached hydrogens (tertiary/aromatic N) is 4. The minimum absolute atomic E-state index is 0.0769. The van der Waals surface area contributed by atoms with E-state index in [1.54, 1.807) is 25.2 Å². The van der Waals surface area contributed by atoms with Gasteiger partial charge in [0.1, 0.15) is 11.6 Å². The maximum Gasteiger partial charge on any atom is 0.139 e. The molecule has 6 nitrogen and oxygen atoms in total. The van der Waals surface area contributed by atoms with Gasteiger partial charge in [-0.05, 0) is 38.0 Å². The van der Waals surface area contributed by atoms with Crippen LogP contribution in [-0.4, -0.2) is 43.7 Å². The first-order valence-electron chi connectivity index (χ1n) is 11.8. The molecule has 3 aromatic rings. The summed E-state index contributed by atoms with van der Waals surface area (Å²) in [6.07, 6.45) is 3.35. The molecule has 2 aliphatic heterocycles. The van der Waals surface area contributed by atoms with Gasteiger partial charge in [0, 0.05) is 54.1 Å². The highest BCUT2D eigenvalue weighted by atomic mass is 32.1. The molecule has 0 saturated heterocycles. The van der Waals surface area contributed by atoms with Gasteiger partial charge >= 0.3 is 0 Å². The van der Waals surface area contributed by atoms with E-state index in [0.29, 0.717) is 6.54 Å². The second-order valence-corrected chi connectivity index (χ2v) is 10.8. The molecule has 0 radical (unpaired) electrons. The van der Waals surface area contributed by atoms with E-state index in [1.165, 1.54) is 10.6 Å². The lowest BCUT2D eigenvalue weighted by Crippen LogP contribution is -2.35. The van der Waals surface area contributed by atoms with Crippen molar-refractivity contribution in [1.82, 2.24) is 14.9 Å². The Morgan fingerprint density at radius 3 is 2.79 bits per heavy atom. The van der Waals surface area contributed by atoms with E-state index in [-0.39, 0.29) is 24.5 Å². The first-order valence-corrected chi connectivity index (χ1v) is 12.7. The molecule has 0 fully saturated rings. The van der Waals surface area contributed by atoms with Gasteiger partial charge in [-0.3, -0.25) is 14.8 Å². The summed E-state index contributed by atoms with van der Waals surface area (Å²) in [7, 11) is 0. The largest absolute Gasteiger partial charge is 0.390 e. The summed E-state index contributed by atoms with van der Waals surface area (Å²) in [5.41, 5.74) is 7.24. The van der Waals surface area contributed by atoms with Crippen LogP contribution >= 0.6 is 11.3 Å². The van der Waals surface area contributed by atoms with E-state index in [1.807, 2.05) is 49.0 Å². The molecule has 0 aliphatic carbocycles. The van der Waals surface area contributed by atoms with Crippen LogP contribution in [0, 0.1) is 6.92 Å². The number of carbonyl (C=O) groups excluding carboxylic acids is 1. The Balaban J connectivity index is 1.27. The first-order chi connectivity index (χ1) is 16.3. The summed E-state index contributed by atoms with van der Waals surface area (Å²) in [4.78, 5) is 30.5. The number of aliphatic hydroxyl groups is 1. The van der Waals surface area contributed by atoms with Gasteiger partial charge in [-0.25, -0.2) is 4.98 Å². The molecule has 2 aliphatic rings. The van der Waals surface area contributed by atoms with Crippen molar-refractivity contribution < 1.29 is 9.90 Å². The van der Waals surface area contributed by atoms with Gasteiger partial charge < -0.3 is 10.0 Å². The van der Waals surface area contributed by atoms with Crippen molar-refractivity contribution in [3.05, 3.63) is 80.6 Å². The molecule has 0 saturated carbocycles. The van der Waals surface area contributed by atoms with Gasteiger partial charge in [-0.1, -0.05) is 29.8 Å². The zero-order chi connectivity index (χ0) is 23.9. The number of aromatic nitrogens is 2. The Morgan fingerprint density at radius 2 is 2.03 bits per heavy atom. The molecule has 0 amide bonds. The number of hydrogen-bond donors (Lipinski definition) is 1. The molecule has 1 aromatic carbocycles. The van der Waals surface area contributed by atoms with Gasteiger partial charge in [0.25, 0.3) is 0 Å². The molecular weight excluding hydrogens is 444 g/mol. The van der Waals surface area contributed by atoms with Crippen LogP contribution in [0.1, 0.15) is 64.7 Å². The predicted octanol–water partition coefficient (Wildman–Crippen LogP) is 4.22. The third-order valence-corrected chi connectivity index (χ3v) is 7.67. The van der Waals surface area contributed by atoms with Gasteiger partial charge in [0.05, 0.1) is 29.9 Å². The summed E-state index contributed by atoms with van der Waals surface area (Å²) in [6, 6.07) is 10.1. The lowest BCUT2D eigenvalue weighted by Gasteiger charge is -2.29. The fourth-order valence-electron chi connectivity index (χ4n) is 4.87. The van der Waals surface area contributed by atoms with Crippen molar-refractivity contribution in [2.45, 2.75) is 64.6 Å². The van der Waals surface area contributed by atoms with Crippen molar-refractivity contribution in [2.75, 3.05) is 6.54 Å². The van der Waals surface area contributed by atoms with Crippen molar-refractivity contribution >= 4 is 23.0 Å². The SMILES string of the molecule is Cc1ccc([C@H](CC(=O)Cc2cc3c(cn2)C(N2CCc4ncsc4C2)=NC3)C(C)(C)O)cc1. The Morgan fingerprint density at radius 1 is 1.24 bits per heavy atom. The van der Waals surface area contributed by atoms with E-state index >= 15 is 0 Å². The van der Waals surface area contributed by atoms with Crippen molar-refractivity contribution in [3.63, 3.8) is 0 Å². The number of benzene rings is 1. The lowest BCUT2D eigenvalue weighted by molar-refractivity contribution is -0.120.